The molecule has 0 saturated carbocycles. The summed E-state index contributed by atoms with van der Waals surface area (Å²) in [4.78, 5) is 17.0. The Balaban J connectivity index is 0.00000576. The van der Waals surface area contributed by atoms with Crippen molar-refractivity contribution in [1.29, 1.82) is 0 Å². The van der Waals surface area contributed by atoms with E-state index in [1.54, 1.807) is 21.1 Å². The molecule has 0 saturated heterocycles. The predicted octanol–water partition coefficient (Wildman–Crippen LogP) is 2.70. The number of nitrogens with zero attached hydrogens (tertiary/aromatic N) is 2. The number of carbonyl (C=O) groups is 1. The second kappa shape index (κ2) is 12.1. The highest BCUT2D eigenvalue weighted by atomic mass is 127. The summed E-state index contributed by atoms with van der Waals surface area (Å²) in [6.45, 7) is -2.34. The third kappa shape index (κ3) is 9.05. The van der Waals surface area contributed by atoms with Crippen LogP contribution in [0.2, 0.25) is 5.02 Å². The highest BCUT2D eigenvalue weighted by Crippen LogP contribution is 2.24. The van der Waals surface area contributed by atoms with Gasteiger partial charge in [0.2, 0.25) is 5.91 Å². The summed E-state index contributed by atoms with van der Waals surface area (Å²) in [6.07, 6.45) is 0.310. The lowest BCUT2D eigenvalue weighted by molar-refractivity contribution is -0.128. The summed E-state index contributed by atoms with van der Waals surface area (Å²) < 4.78 is 29.3. The van der Waals surface area contributed by atoms with Gasteiger partial charge < -0.3 is 20.3 Å². The molecule has 0 aliphatic carbocycles. The van der Waals surface area contributed by atoms with E-state index < -0.39 is 6.61 Å². The summed E-state index contributed by atoms with van der Waals surface area (Å²) in [6, 6.07) is 4.40. The molecular weight excluding hydrogens is 469 g/mol. The van der Waals surface area contributed by atoms with Gasteiger partial charge in [-0.25, -0.2) is 0 Å². The summed E-state index contributed by atoms with van der Waals surface area (Å²) in [5.41, 5.74) is 0.468. The average Bonchev–Trinajstić information content (AvgIpc) is 2.52. The standard InChI is InChI=1S/C15H21ClF2N4O2.HI/c1-19-15(20-7-6-13(23)22(2)3)21-9-10-8-11(16)4-5-12(10)24-14(17)18;/h4-5,8,14H,6-7,9H2,1-3H3,(H2,19,20,21);1H. The van der Waals surface area contributed by atoms with Gasteiger partial charge in [0.1, 0.15) is 5.75 Å². The molecule has 0 aliphatic heterocycles. The van der Waals surface area contributed by atoms with Crippen LogP contribution >= 0.6 is 35.6 Å². The van der Waals surface area contributed by atoms with Crippen LogP contribution in [0.3, 0.4) is 0 Å². The SMILES string of the molecule is CN=C(NCCC(=O)N(C)C)NCc1cc(Cl)ccc1OC(F)F.I. The van der Waals surface area contributed by atoms with E-state index in [1.807, 2.05) is 0 Å². The van der Waals surface area contributed by atoms with Gasteiger partial charge >= 0.3 is 6.61 Å². The highest BCUT2D eigenvalue weighted by molar-refractivity contribution is 14.0. The number of carbonyl (C=O) groups excluding carboxylic acids is 1. The molecule has 0 radical (unpaired) electrons. The largest absolute Gasteiger partial charge is 0.434 e. The Kier molecular flexibility index (Phi) is 11.4. The number of ether oxygens (including phenoxy) is 1. The number of alkyl halides is 2. The van der Waals surface area contributed by atoms with E-state index in [0.717, 1.165) is 0 Å². The minimum absolute atomic E-state index is 0. The van der Waals surface area contributed by atoms with Gasteiger partial charge in [0.05, 0.1) is 0 Å². The normalized spacial score (nSPS) is 10.9. The lowest BCUT2D eigenvalue weighted by atomic mass is 10.2. The third-order valence-electron chi connectivity index (χ3n) is 3.04. The fraction of sp³-hybridized carbons (Fsp3) is 0.467. The Morgan fingerprint density at radius 2 is 2.04 bits per heavy atom. The van der Waals surface area contributed by atoms with Crippen LogP contribution in [0, 0.1) is 0 Å². The van der Waals surface area contributed by atoms with E-state index in [2.05, 4.69) is 20.4 Å². The van der Waals surface area contributed by atoms with Gasteiger partial charge in [0.15, 0.2) is 5.96 Å². The summed E-state index contributed by atoms with van der Waals surface area (Å²) in [5, 5.41) is 6.34. The van der Waals surface area contributed by atoms with Gasteiger partial charge in [-0.15, -0.1) is 24.0 Å². The number of hydrogen-bond donors (Lipinski definition) is 2. The van der Waals surface area contributed by atoms with E-state index in [1.165, 1.54) is 23.1 Å². The quantitative estimate of drug-likeness (QED) is 0.350. The number of rotatable bonds is 7. The van der Waals surface area contributed by atoms with Crippen molar-refractivity contribution in [1.82, 2.24) is 15.5 Å². The van der Waals surface area contributed by atoms with Crippen LogP contribution in [0.4, 0.5) is 8.78 Å². The lowest BCUT2D eigenvalue weighted by Gasteiger charge is -2.15. The Labute approximate surface area is 168 Å². The summed E-state index contributed by atoms with van der Waals surface area (Å²) in [7, 11) is 4.93. The zero-order chi connectivity index (χ0) is 18.1. The summed E-state index contributed by atoms with van der Waals surface area (Å²) in [5.74, 6) is 0.463. The van der Waals surface area contributed by atoms with Crippen molar-refractivity contribution in [2.75, 3.05) is 27.7 Å². The number of guanidine groups is 1. The number of aliphatic imine (C=N–C) groups is 1. The van der Waals surface area contributed by atoms with Crippen LogP contribution in [0.1, 0.15) is 12.0 Å². The van der Waals surface area contributed by atoms with Crippen molar-refractivity contribution in [3.63, 3.8) is 0 Å². The number of amides is 1. The molecule has 142 valence electrons. The number of halogens is 4. The smallest absolute Gasteiger partial charge is 0.387 e. The maximum Gasteiger partial charge on any atom is 0.387 e. The van der Waals surface area contributed by atoms with Crippen molar-refractivity contribution in [2.45, 2.75) is 19.6 Å². The van der Waals surface area contributed by atoms with Gasteiger partial charge in [-0.2, -0.15) is 8.78 Å². The van der Waals surface area contributed by atoms with Crippen LogP contribution < -0.4 is 15.4 Å². The van der Waals surface area contributed by atoms with E-state index in [0.29, 0.717) is 29.5 Å². The van der Waals surface area contributed by atoms with E-state index in [4.69, 9.17) is 11.6 Å². The van der Waals surface area contributed by atoms with Gasteiger partial charge in [-0.1, -0.05) is 11.6 Å². The maximum absolute atomic E-state index is 12.4. The molecule has 6 nitrogen and oxygen atoms in total. The zero-order valence-electron chi connectivity index (χ0n) is 14.2. The molecule has 1 aromatic rings. The van der Waals surface area contributed by atoms with Crippen LogP contribution in [0.5, 0.6) is 5.75 Å². The molecule has 1 amide bonds. The Hall–Kier alpha value is -1.36. The lowest BCUT2D eigenvalue weighted by Crippen LogP contribution is -2.38. The Morgan fingerprint density at radius 3 is 2.60 bits per heavy atom. The Morgan fingerprint density at radius 1 is 1.36 bits per heavy atom. The number of nitrogens with one attached hydrogen (secondary N) is 2. The topological polar surface area (TPSA) is 66.0 Å². The number of benzene rings is 1. The van der Waals surface area contributed by atoms with Gasteiger partial charge in [-0.3, -0.25) is 9.79 Å². The first-order chi connectivity index (χ1) is 11.3. The molecule has 0 bridgehead atoms. The molecule has 1 aromatic carbocycles. The molecule has 0 atom stereocenters. The van der Waals surface area contributed by atoms with Gasteiger partial charge in [0.25, 0.3) is 0 Å². The monoisotopic (exact) mass is 490 g/mol. The van der Waals surface area contributed by atoms with Crippen LogP contribution in [-0.4, -0.2) is 51.1 Å². The maximum atomic E-state index is 12.4. The Bertz CT molecular complexity index is 589. The first kappa shape index (κ1) is 23.6. The second-order valence-corrected chi connectivity index (χ2v) is 5.46. The minimum Gasteiger partial charge on any atom is -0.434 e. The molecule has 0 fully saturated rings. The first-order valence-corrected chi connectivity index (χ1v) is 7.59. The fourth-order valence-corrected chi connectivity index (χ4v) is 2.00. The highest BCUT2D eigenvalue weighted by Gasteiger charge is 2.11. The molecule has 10 heteroatoms. The molecule has 25 heavy (non-hydrogen) atoms. The van der Waals surface area contributed by atoms with Crippen molar-refractivity contribution in [2.24, 2.45) is 4.99 Å². The first-order valence-electron chi connectivity index (χ1n) is 7.21. The average molecular weight is 491 g/mol. The molecule has 0 aromatic heterocycles. The van der Waals surface area contributed by atoms with E-state index in [-0.39, 0.29) is 42.2 Å². The van der Waals surface area contributed by atoms with Crippen LogP contribution in [-0.2, 0) is 11.3 Å². The predicted molar refractivity (Wildman–Crippen MR) is 105 cm³/mol. The van der Waals surface area contributed by atoms with Crippen molar-refractivity contribution < 1.29 is 18.3 Å². The summed E-state index contributed by atoms with van der Waals surface area (Å²) >= 11 is 5.89. The molecule has 0 spiro atoms. The molecule has 1 rings (SSSR count). The zero-order valence-corrected chi connectivity index (χ0v) is 17.3. The molecule has 0 unspecified atom stereocenters. The molecule has 0 aliphatic rings. The van der Waals surface area contributed by atoms with E-state index in [9.17, 15) is 13.6 Å². The van der Waals surface area contributed by atoms with Crippen LogP contribution in [0.25, 0.3) is 0 Å². The molecule has 0 heterocycles. The fourth-order valence-electron chi connectivity index (χ4n) is 1.81. The number of hydrogen-bond acceptors (Lipinski definition) is 3. The van der Waals surface area contributed by atoms with Crippen molar-refractivity contribution in [3.05, 3.63) is 28.8 Å². The van der Waals surface area contributed by atoms with E-state index >= 15 is 0 Å². The minimum atomic E-state index is -2.92. The van der Waals surface area contributed by atoms with Crippen molar-refractivity contribution >= 4 is 47.4 Å². The molecular formula is C15H22ClF2IN4O2. The second-order valence-electron chi connectivity index (χ2n) is 5.02. The van der Waals surface area contributed by atoms with Gasteiger partial charge in [0, 0.05) is 51.2 Å². The van der Waals surface area contributed by atoms with Gasteiger partial charge in [-0.05, 0) is 18.2 Å². The van der Waals surface area contributed by atoms with Crippen molar-refractivity contribution in [3.8, 4) is 5.75 Å². The van der Waals surface area contributed by atoms with Crippen LogP contribution in [0.15, 0.2) is 23.2 Å². The molecule has 2 N–H and O–H groups in total. The third-order valence-corrected chi connectivity index (χ3v) is 3.27.